The Kier molecular flexibility index (Phi) is 7.11. The van der Waals surface area contributed by atoms with Crippen LogP contribution in [0.2, 0.25) is 0 Å². The number of ether oxygens (including phenoxy) is 3. The summed E-state index contributed by atoms with van der Waals surface area (Å²) in [6, 6.07) is 7.31. The van der Waals surface area contributed by atoms with Crippen LogP contribution in [0.15, 0.2) is 51.5 Å². The molecule has 1 aromatic carbocycles. The first-order chi connectivity index (χ1) is 14.4. The first-order valence-electron chi connectivity index (χ1n) is 8.96. The van der Waals surface area contributed by atoms with Gasteiger partial charge in [0.2, 0.25) is 0 Å². The van der Waals surface area contributed by atoms with E-state index in [9.17, 15) is 14.4 Å². The first-order valence-corrected chi connectivity index (χ1v) is 10.6. The molecule has 0 spiro atoms. The average molecular weight is 495 g/mol. The van der Waals surface area contributed by atoms with Crippen molar-refractivity contribution in [2.24, 2.45) is 0 Å². The standard InChI is InChI=1S/C20H19BrN2O6S/c1-3-28-19(25)16-14(22-20(26)23-17(16)15-5-4-8-30-15)10-29-18(24)12-9-11(27-2)6-7-13(12)21/h4-9,17H,3,10H2,1-2H3,(H2,22,23,26). The second-order valence-corrected chi connectivity index (χ2v) is 7.92. The lowest BCUT2D eigenvalue weighted by atomic mass is 10.0. The van der Waals surface area contributed by atoms with E-state index in [-0.39, 0.29) is 30.0 Å². The van der Waals surface area contributed by atoms with E-state index < -0.39 is 24.0 Å². The third-order valence-corrected chi connectivity index (χ3v) is 5.85. The van der Waals surface area contributed by atoms with Gasteiger partial charge in [0.05, 0.1) is 36.6 Å². The lowest BCUT2D eigenvalue weighted by Crippen LogP contribution is -2.46. The van der Waals surface area contributed by atoms with Crippen LogP contribution < -0.4 is 15.4 Å². The lowest BCUT2D eigenvalue weighted by Gasteiger charge is -2.28. The highest BCUT2D eigenvalue weighted by molar-refractivity contribution is 9.10. The Balaban J connectivity index is 1.90. The number of hydrogen-bond acceptors (Lipinski definition) is 7. The van der Waals surface area contributed by atoms with Crippen molar-refractivity contribution < 1.29 is 28.6 Å². The maximum atomic E-state index is 12.6. The van der Waals surface area contributed by atoms with Gasteiger partial charge in [0, 0.05) is 9.35 Å². The van der Waals surface area contributed by atoms with Gasteiger partial charge in [0.15, 0.2) is 0 Å². The molecule has 2 amide bonds. The molecule has 0 radical (unpaired) electrons. The second kappa shape index (κ2) is 9.77. The molecule has 2 N–H and O–H groups in total. The number of rotatable bonds is 7. The number of halogens is 1. The number of thiophene rings is 1. The average Bonchev–Trinajstić information content (AvgIpc) is 3.27. The van der Waals surface area contributed by atoms with E-state index in [0.29, 0.717) is 10.2 Å². The minimum absolute atomic E-state index is 0.164. The van der Waals surface area contributed by atoms with Gasteiger partial charge in [0.25, 0.3) is 0 Å². The predicted molar refractivity (Wildman–Crippen MR) is 113 cm³/mol. The molecular formula is C20H19BrN2O6S. The van der Waals surface area contributed by atoms with Crippen molar-refractivity contribution in [2.45, 2.75) is 13.0 Å². The highest BCUT2D eigenvalue weighted by atomic mass is 79.9. The Hall–Kier alpha value is -2.85. The van der Waals surface area contributed by atoms with E-state index in [0.717, 1.165) is 4.88 Å². The number of nitrogens with one attached hydrogen (secondary N) is 2. The normalized spacial score (nSPS) is 15.8. The van der Waals surface area contributed by atoms with Gasteiger partial charge in [-0.15, -0.1) is 11.3 Å². The zero-order chi connectivity index (χ0) is 21.7. The number of carbonyl (C=O) groups excluding carboxylic acids is 3. The van der Waals surface area contributed by atoms with Crippen LogP contribution in [0.25, 0.3) is 0 Å². The SMILES string of the molecule is CCOC(=O)C1=C(COC(=O)c2cc(OC)ccc2Br)NC(=O)NC1c1cccs1. The molecular weight excluding hydrogens is 476 g/mol. The van der Waals surface area contributed by atoms with Crippen LogP contribution in [0, 0.1) is 0 Å². The molecule has 10 heteroatoms. The van der Waals surface area contributed by atoms with Crippen molar-refractivity contribution in [3.63, 3.8) is 0 Å². The topological polar surface area (TPSA) is 103 Å². The third-order valence-electron chi connectivity index (χ3n) is 4.22. The highest BCUT2D eigenvalue weighted by Gasteiger charge is 2.34. The molecule has 1 aromatic heterocycles. The number of amides is 2. The van der Waals surface area contributed by atoms with Crippen molar-refractivity contribution in [2.75, 3.05) is 20.3 Å². The summed E-state index contributed by atoms with van der Waals surface area (Å²) in [5, 5.41) is 7.12. The van der Waals surface area contributed by atoms with Crippen LogP contribution >= 0.6 is 27.3 Å². The summed E-state index contributed by atoms with van der Waals surface area (Å²) >= 11 is 4.69. The molecule has 30 heavy (non-hydrogen) atoms. The van der Waals surface area contributed by atoms with Crippen LogP contribution in [0.3, 0.4) is 0 Å². The zero-order valence-corrected chi connectivity index (χ0v) is 18.6. The molecule has 0 fully saturated rings. The van der Waals surface area contributed by atoms with Gasteiger partial charge in [-0.2, -0.15) is 0 Å². The maximum Gasteiger partial charge on any atom is 0.339 e. The van der Waals surface area contributed by atoms with Crippen LogP contribution in [0.1, 0.15) is 28.2 Å². The largest absolute Gasteiger partial charge is 0.497 e. The smallest absolute Gasteiger partial charge is 0.339 e. The Labute approximate surface area is 185 Å². The Morgan fingerprint density at radius 2 is 2.00 bits per heavy atom. The fourth-order valence-corrected chi connectivity index (χ4v) is 4.05. The van der Waals surface area contributed by atoms with Crippen molar-refractivity contribution >= 4 is 45.2 Å². The fourth-order valence-electron chi connectivity index (χ4n) is 2.85. The van der Waals surface area contributed by atoms with Gasteiger partial charge in [0.1, 0.15) is 12.4 Å². The third kappa shape index (κ3) is 4.82. The molecule has 2 heterocycles. The van der Waals surface area contributed by atoms with Gasteiger partial charge < -0.3 is 24.8 Å². The Bertz CT molecular complexity index is 989. The summed E-state index contributed by atoms with van der Waals surface area (Å²) < 4.78 is 16.2. The summed E-state index contributed by atoms with van der Waals surface area (Å²) in [7, 11) is 1.49. The maximum absolute atomic E-state index is 12.6. The van der Waals surface area contributed by atoms with Gasteiger partial charge >= 0.3 is 18.0 Å². The minimum Gasteiger partial charge on any atom is -0.497 e. The summed E-state index contributed by atoms with van der Waals surface area (Å²) in [5.41, 5.74) is 0.613. The first kappa shape index (κ1) is 21.8. The molecule has 158 valence electrons. The molecule has 0 saturated carbocycles. The summed E-state index contributed by atoms with van der Waals surface area (Å²) in [6.45, 7) is 1.54. The Morgan fingerprint density at radius 3 is 2.67 bits per heavy atom. The van der Waals surface area contributed by atoms with Crippen molar-refractivity contribution in [1.82, 2.24) is 10.6 Å². The molecule has 1 aliphatic heterocycles. The number of urea groups is 1. The second-order valence-electron chi connectivity index (χ2n) is 6.08. The number of benzene rings is 1. The van der Waals surface area contributed by atoms with E-state index in [4.69, 9.17) is 14.2 Å². The Morgan fingerprint density at radius 1 is 1.20 bits per heavy atom. The molecule has 0 aliphatic carbocycles. The quantitative estimate of drug-likeness (QED) is 0.570. The molecule has 1 atom stereocenters. The molecule has 3 rings (SSSR count). The number of hydrogen-bond donors (Lipinski definition) is 2. The van der Waals surface area contributed by atoms with Gasteiger partial charge in [-0.05, 0) is 52.5 Å². The van der Waals surface area contributed by atoms with Crippen molar-refractivity contribution in [3.05, 3.63) is 61.9 Å². The van der Waals surface area contributed by atoms with Crippen LogP contribution in [0.4, 0.5) is 4.79 Å². The molecule has 0 saturated heterocycles. The highest BCUT2D eigenvalue weighted by Crippen LogP contribution is 2.31. The van der Waals surface area contributed by atoms with Crippen molar-refractivity contribution in [1.29, 1.82) is 0 Å². The zero-order valence-electron chi connectivity index (χ0n) is 16.2. The summed E-state index contributed by atoms with van der Waals surface area (Å²) in [6.07, 6.45) is 0. The van der Waals surface area contributed by atoms with Crippen LogP contribution in [-0.4, -0.2) is 38.3 Å². The molecule has 0 bridgehead atoms. The van der Waals surface area contributed by atoms with Crippen molar-refractivity contribution in [3.8, 4) is 5.75 Å². The van der Waals surface area contributed by atoms with E-state index in [1.54, 1.807) is 25.1 Å². The summed E-state index contributed by atoms with van der Waals surface area (Å²) in [4.78, 5) is 38.2. The molecule has 1 aliphatic rings. The molecule has 1 unspecified atom stereocenters. The summed E-state index contributed by atoms with van der Waals surface area (Å²) in [5.74, 6) is -0.751. The van der Waals surface area contributed by atoms with Crippen LogP contribution in [-0.2, 0) is 14.3 Å². The number of esters is 2. The van der Waals surface area contributed by atoms with E-state index in [2.05, 4.69) is 26.6 Å². The molecule has 2 aromatic rings. The van der Waals surface area contributed by atoms with E-state index in [1.165, 1.54) is 24.5 Å². The molecule has 8 nitrogen and oxygen atoms in total. The van der Waals surface area contributed by atoms with Gasteiger partial charge in [-0.3, -0.25) is 0 Å². The van der Waals surface area contributed by atoms with Gasteiger partial charge in [-0.25, -0.2) is 14.4 Å². The lowest BCUT2D eigenvalue weighted by molar-refractivity contribution is -0.139. The monoisotopic (exact) mass is 494 g/mol. The van der Waals surface area contributed by atoms with Gasteiger partial charge in [-0.1, -0.05) is 6.07 Å². The van der Waals surface area contributed by atoms with Crippen LogP contribution in [0.5, 0.6) is 5.75 Å². The predicted octanol–water partition coefficient (Wildman–Crippen LogP) is 3.55. The van der Waals surface area contributed by atoms with E-state index in [1.807, 2.05) is 11.4 Å². The number of methoxy groups -OCH3 is 1. The number of carbonyl (C=O) groups is 3. The van der Waals surface area contributed by atoms with E-state index >= 15 is 0 Å². The fraction of sp³-hybridized carbons (Fsp3) is 0.250. The minimum atomic E-state index is -0.699.